The molecule has 0 aromatic carbocycles. The molecule has 0 radical (unpaired) electrons. The van der Waals surface area contributed by atoms with Crippen molar-refractivity contribution in [3.63, 3.8) is 0 Å². The van der Waals surface area contributed by atoms with E-state index >= 15 is 0 Å². The molecule has 0 atom stereocenters. The van der Waals surface area contributed by atoms with Crippen molar-refractivity contribution in [2.24, 2.45) is 0 Å². The second-order valence-electron chi connectivity index (χ2n) is 5.52. The Morgan fingerprint density at radius 1 is 1.33 bits per heavy atom. The van der Waals surface area contributed by atoms with E-state index in [1.165, 1.54) is 0 Å². The number of nitrogens with zero attached hydrogens (tertiary/aromatic N) is 2. The first-order valence-corrected chi connectivity index (χ1v) is 6.38. The highest BCUT2D eigenvalue weighted by Crippen LogP contribution is 2.16. The van der Waals surface area contributed by atoms with Crippen LogP contribution in [-0.2, 0) is 4.74 Å². The van der Waals surface area contributed by atoms with Gasteiger partial charge in [0.1, 0.15) is 11.6 Å². The van der Waals surface area contributed by atoms with Gasteiger partial charge in [0, 0.05) is 32.8 Å². The van der Waals surface area contributed by atoms with Gasteiger partial charge in [-0.1, -0.05) is 6.07 Å². The van der Waals surface area contributed by atoms with Crippen molar-refractivity contribution in [3.05, 3.63) is 18.2 Å². The van der Waals surface area contributed by atoms with Crippen molar-refractivity contribution in [2.45, 2.75) is 32.7 Å². The summed E-state index contributed by atoms with van der Waals surface area (Å²) in [5, 5.41) is 3.38. The van der Waals surface area contributed by atoms with Crippen molar-refractivity contribution >= 4 is 11.6 Å². The summed E-state index contributed by atoms with van der Waals surface area (Å²) in [7, 11) is 3.78. The molecule has 0 spiro atoms. The molecule has 0 saturated carbocycles. The quantitative estimate of drug-likeness (QED) is 0.789. The van der Waals surface area contributed by atoms with Crippen molar-refractivity contribution < 1.29 is 4.74 Å². The largest absolute Gasteiger partial charge is 0.385 e. The second-order valence-corrected chi connectivity index (χ2v) is 5.52. The molecule has 1 heterocycles. The van der Waals surface area contributed by atoms with Gasteiger partial charge in [-0.3, -0.25) is 0 Å². The van der Waals surface area contributed by atoms with Crippen LogP contribution in [0.5, 0.6) is 0 Å². The van der Waals surface area contributed by atoms with Gasteiger partial charge in [0.15, 0.2) is 0 Å². The van der Waals surface area contributed by atoms with Gasteiger partial charge < -0.3 is 15.0 Å². The minimum atomic E-state index is 0.0280. The molecule has 1 aromatic rings. The van der Waals surface area contributed by atoms with Gasteiger partial charge in [0.05, 0.1) is 0 Å². The molecule has 1 rings (SSSR count). The highest BCUT2D eigenvalue weighted by Gasteiger charge is 2.11. The molecular formula is C14H25N3O. The number of ether oxygens (including phenoxy) is 1. The van der Waals surface area contributed by atoms with E-state index in [4.69, 9.17) is 4.74 Å². The third kappa shape index (κ3) is 5.36. The Morgan fingerprint density at radius 2 is 2.06 bits per heavy atom. The molecule has 4 nitrogen and oxygen atoms in total. The van der Waals surface area contributed by atoms with Crippen molar-refractivity contribution in [3.8, 4) is 0 Å². The number of aromatic nitrogens is 1. The van der Waals surface area contributed by atoms with E-state index in [-0.39, 0.29) is 5.54 Å². The minimum absolute atomic E-state index is 0.0280. The second kappa shape index (κ2) is 6.59. The van der Waals surface area contributed by atoms with Crippen LogP contribution in [0.2, 0.25) is 0 Å². The topological polar surface area (TPSA) is 37.4 Å². The van der Waals surface area contributed by atoms with Gasteiger partial charge in [-0.2, -0.15) is 0 Å². The Morgan fingerprint density at radius 3 is 2.67 bits per heavy atom. The van der Waals surface area contributed by atoms with E-state index in [9.17, 15) is 0 Å². The summed E-state index contributed by atoms with van der Waals surface area (Å²) in [6, 6.07) is 6.06. The average Bonchev–Trinajstić information content (AvgIpc) is 2.27. The summed E-state index contributed by atoms with van der Waals surface area (Å²) in [6.45, 7) is 8.11. The highest BCUT2D eigenvalue weighted by atomic mass is 16.5. The molecule has 0 aliphatic heterocycles. The number of anilines is 2. The molecule has 1 aromatic heterocycles. The van der Waals surface area contributed by atoms with Crippen molar-refractivity contribution in [1.82, 2.24) is 4.98 Å². The zero-order valence-corrected chi connectivity index (χ0v) is 12.2. The van der Waals surface area contributed by atoms with Gasteiger partial charge in [-0.05, 0) is 39.3 Å². The molecular weight excluding hydrogens is 226 g/mol. The van der Waals surface area contributed by atoms with Gasteiger partial charge in [-0.25, -0.2) is 4.98 Å². The van der Waals surface area contributed by atoms with Crippen LogP contribution >= 0.6 is 0 Å². The molecule has 0 amide bonds. The number of pyridine rings is 1. The molecule has 0 unspecified atom stereocenters. The number of methoxy groups -OCH3 is 1. The maximum absolute atomic E-state index is 5.06. The van der Waals surface area contributed by atoms with E-state index in [1.54, 1.807) is 7.11 Å². The van der Waals surface area contributed by atoms with Crippen LogP contribution in [0.15, 0.2) is 18.2 Å². The van der Waals surface area contributed by atoms with Crippen LogP contribution in [0.4, 0.5) is 11.6 Å². The minimum Gasteiger partial charge on any atom is -0.385 e. The molecule has 102 valence electrons. The zero-order chi connectivity index (χ0) is 13.6. The van der Waals surface area contributed by atoms with Crippen LogP contribution < -0.4 is 10.2 Å². The third-order valence-corrected chi connectivity index (χ3v) is 2.47. The summed E-state index contributed by atoms with van der Waals surface area (Å²) in [4.78, 5) is 6.76. The van der Waals surface area contributed by atoms with Crippen LogP contribution in [0.3, 0.4) is 0 Å². The third-order valence-electron chi connectivity index (χ3n) is 2.47. The number of hydrogen-bond acceptors (Lipinski definition) is 4. The predicted octanol–water partition coefficient (Wildman–Crippen LogP) is 2.76. The zero-order valence-electron chi connectivity index (χ0n) is 12.2. The molecule has 4 heteroatoms. The fraction of sp³-hybridized carbons (Fsp3) is 0.643. The van der Waals surface area contributed by atoms with Crippen molar-refractivity contribution in [2.75, 3.05) is 37.5 Å². The Balaban J connectivity index is 2.63. The summed E-state index contributed by atoms with van der Waals surface area (Å²) < 4.78 is 5.06. The Labute approximate surface area is 110 Å². The summed E-state index contributed by atoms with van der Waals surface area (Å²) in [6.07, 6.45) is 1.01. The molecule has 0 aliphatic carbocycles. The lowest BCUT2D eigenvalue weighted by Crippen LogP contribution is -2.27. The number of rotatable bonds is 6. The van der Waals surface area contributed by atoms with E-state index in [2.05, 4.69) is 43.0 Å². The van der Waals surface area contributed by atoms with E-state index in [0.717, 1.165) is 31.2 Å². The maximum atomic E-state index is 5.06. The van der Waals surface area contributed by atoms with Gasteiger partial charge in [0.25, 0.3) is 0 Å². The van der Waals surface area contributed by atoms with Crippen LogP contribution in [-0.4, -0.2) is 37.8 Å². The number of hydrogen-bond donors (Lipinski definition) is 1. The molecule has 0 bridgehead atoms. The SMILES string of the molecule is COCCCN(C)c1cccc(NC(C)(C)C)n1. The predicted molar refractivity (Wildman–Crippen MR) is 77.4 cm³/mol. The Bertz CT molecular complexity index is 360. The summed E-state index contributed by atoms with van der Waals surface area (Å²) in [5.74, 6) is 1.90. The summed E-state index contributed by atoms with van der Waals surface area (Å²) in [5.41, 5.74) is 0.0280. The Kier molecular flexibility index (Phi) is 5.41. The first-order valence-electron chi connectivity index (χ1n) is 6.38. The van der Waals surface area contributed by atoms with Crippen molar-refractivity contribution in [1.29, 1.82) is 0 Å². The van der Waals surface area contributed by atoms with Gasteiger partial charge in [-0.15, -0.1) is 0 Å². The van der Waals surface area contributed by atoms with E-state index in [1.807, 2.05) is 18.2 Å². The average molecular weight is 251 g/mol. The lowest BCUT2D eigenvalue weighted by molar-refractivity contribution is 0.196. The molecule has 0 aliphatic rings. The van der Waals surface area contributed by atoms with Crippen LogP contribution in [0, 0.1) is 0 Å². The molecule has 0 saturated heterocycles. The van der Waals surface area contributed by atoms with E-state index < -0.39 is 0 Å². The van der Waals surface area contributed by atoms with Gasteiger partial charge in [0.2, 0.25) is 0 Å². The summed E-state index contributed by atoms with van der Waals surface area (Å²) >= 11 is 0. The number of nitrogens with one attached hydrogen (secondary N) is 1. The fourth-order valence-corrected chi connectivity index (χ4v) is 1.65. The monoisotopic (exact) mass is 251 g/mol. The Hall–Kier alpha value is -1.29. The normalized spacial score (nSPS) is 11.4. The molecule has 18 heavy (non-hydrogen) atoms. The van der Waals surface area contributed by atoms with Crippen LogP contribution in [0.1, 0.15) is 27.2 Å². The molecule has 0 fully saturated rings. The van der Waals surface area contributed by atoms with E-state index in [0.29, 0.717) is 0 Å². The smallest absolute Gasteiger partial charge is 0.130 e. The van der Waals surface area contributed by atoms with Gasteiger partial charge >= 0.3 is 0 Å². The lowest BCUT2D eigenvalue weighted by atomic mass is 10.1. The standard InChI is InChI=1S/C14H25N3O/c1-14(2,3)16-12-8-6-9-13(15-12)17(4)10-7-11-18-5/h6,8-9H,7,10-11H2,1-5H3,(H,15,16). The fourth-order valence-electron chi connectivity index (χ4n) is 1.65. The molecule has 1 N–H and O–H groups in total. The highest BCUT2D eigenvalue weighted by molar-refractivity contribution is 5.47. The van der Waals surface area contributed by atoms with Crippen LogP contribution in [0.25, 0.3) is 0 Å². The first-order chi connectivity index (χ1) is 8.42. The lowest BCUT2D eigenvalue weighted by Gasteiger charge is -2.23. The first kappa shape index (κ1) is 14.8. The maximum Gasteiger partial charge on any atom is 0.130 e.